The quantitative estimate of drug-likeness (QED) is 0.527. The summed E-state index contributed by atoms with van der Waals surface area (Å²) < 4.78 is 5.62. The molecule has 1 aliphatic rings. The molecule has 102 valence electrons. The van der Waals surface area contributed by atoms with E-state index in [-0.39, 0.29) is 0 Å². The highest BCUT2D eigenvalue weighted by molar-refractivity contribution is 4.71. The third-order valence-corrected chi connectivity index (χ3v) is 3.67. The third-order valence-electron chi connectivity index (χ3n) is 3.67. The molecule has 0 saturated heterocycles. The van der Waals surface area contributed by atoms with E-state index in [9.17, 15) is 0 Å². The highest BCUT2D eigenvalue weighted by atomic mass is 16.5. The van der Waals surface area contributed by atoms with Crippen LogP contribution in [0.15, 0.2) is 0 Å². The van der Waals surface area contributed by atoms with Gasteiger partial charge in [-0.25, -0.2) is 0 Å². The van der Waals surface area contributed by atoms with Crippen LogP contribution in [0.2, 0.25) is 0 Å². The molecule has 0 spiro atoms. The van der Waals surface area contributed by atoms with Crippen molar-refractivity contribution in [2.45, 2.75) is 58.8 Å². The Hall–Kier alpha value is -0.0800. The van der Waals surface area contributed by atoms with Gasteiger partial charge in [-0.3, -0.25) is 0 Å². The van der Waals surface area contributed by atoms with Crippen LogP contribution in [-0.4, -0.2) is 26.3 Å². The van der Waals surface area contributed by atoms with Crippen LogP contribution in [-0.2, 0) is 4.74 Å². The van der Waals surface area contributed by atoms with Crippen LogP contribution in [0.25, 0.3) is 0 Å². The lowest BCUT2D eigenvalue weighted by atomic mass is 9.99. The average Bonchev–Trinajstić information content (AvgIpc) is 3.16. The van der Waals surface area contributed by atoms with Crippen molar-refractivity contribution in [2.75, 3.05) is 26.3 Å². The molecule has 1 aliphatic carbocycles. The topological polar surface area (TPSA) is 21.3 Å². The Morgan fingerprint density at radius 2 is 2.06 bits per heavy atom. The first kappa shape index (κ1) is 15.0. The summed E-state index contributed by atoms with van der Waals surface area (Å²) in [5.41, 5.74) is 0. The van der Waals surface area contributed by atoms with Crippen molar-refractivity contribution in [1.29, 1.82) is 0 Å². The SMILES string of the molecule is CCCCC(CC)CNCCCOCC1CC1. The predicted molar refractivity (Wildman–Crippen MR) is 74.3 cm³/mol. The molecule has 1 atom stereocenters. The van der Waals surface area contributed by atoms with Gasteiger partial charge in [-0.05, 0) is 50.6 Å². The van der Waals surface area contributed by atoms with Crippen LogP contribution in [0.1, 0.15) is 58.8 Å². The molecule has 17 heavy (non-hydrogen) atoms. The van der Waals surface area contributed by atoms with Crippen LogP contribution in [0, 0.1) is 11.8 Å². The number of hydrogen-bond donors (Lipinski definition) is 1. The van der Waals surface area contributed by atoms with Crippen molar-refractivity contribution >= 4 is 0 Å². The number of hydrogen-bond acceptors (Lipinski definition) is 2. The molecule has 0 heterocycles. The summed E-state index contributed by atoms with van der Waals surface area (Å²) in [7, 11) is 0. The van der Waals surface area contributed by atoms with Gasteiger partial charge in [0, 0.05) is 13.2 Å². The molecule has 0 aromatic carbocycles. The van der Waals surface area contributed by atoms with Gasteiger partial charge in [0.1, 0.15) is 0 Å². The maximum atomic E-state index is 5.62. The molecule has 1 fully saturated rings. The molecule has 0 radical (unpaired) electrons. The van der Waals surface area contributed by atoms with Crippen molar-refractivity contribution in [2.24, 2.45) is 11.8 Å². The van der Waals surface area contributed by atoms with Gasteiger partial charge in [0.2, 0.25) is 0 Å². The zero-order valence-electron chi connectivity index (χ0n) is 11.8. The minimum Gasteiger partial charge on any atom is -0.381 e. The van der Waals surface area contributed by atoms with Crippen molar-refractivity contribution in [1.82, 2.24) is 5.32 Å². The Bertz CT molecular complexity index is 168. The summed E-state index contributed by atoms with van der Waals surface area (Å²) in [4.78, 5) is 0. The fraction of sp³-hybridized carbons (Fsp3) is 1.00. The average molecular weight is 241 g/mol. The van der Waals surface area contributed by atoms with E-state index in [1.807, 2.05) is 0 Å². The van der Waals surface area contributed by atoms with E-state index in [1.165, 1.54) is 45.1 Å². The number of ether oxygens (including phenoxy) is 1. The molecular formula is C15H31NO. The smallest absolute Gasteiger partial charge is 0.0494 e. The van der Waals surface area contributed by atoms with Crippen molar-refractivity contribution in [3.63, 3.8) is 0 Å². The van der Waals surface area contributed by atoms with Crippen molar-refractivity contribution in [3.8, 4) is 0 Å². The Morgan fingerprint density at radius 1 is 1.24 bits per heavy atom. The lowest BCUT2D eigenvalue weighted by molar-refractivity contribution is 0.122. The Balaban J connectivity index is 1.80. The zero-order chi connectivity index (χ0) is 12.3. The van der Waals surface area contributed by atoms with Gasteiger partial charge < -0.3 is 10.1 Å². The monoisotopic (exact) mass is 241 g/mol. The van der Waals surface area contributed by atoms with Crippen molar-refractivity contribution < 1.29 is 4.74 Å². The second-order valence-corrected chi connectivity index (χ2v) is 5.49. The van der Waals surface area contributed by atoms with Gasteiger partial charge in [-0.2, -0.15) is 0 Å². The van der Waals surface area contributed by atoms with Crippen LogP contribution < -0.4 is 5.32 Å². The lowest BCUT2D eigenvalue weighted by Crippen LogP contribution is -2.24. The van der Waals surface area contributed by atoms with E-state index in [0.29, 0.717) is 0 Å². The maximum Gasteiger partial charge on any atom is 0.0494 e. The zero-order valence-corrected chi connectivity index (χ0v) is 11.8. The van der Waals surface area contributed by atoms with Crippen LogP contribution in [0.5, 0.6) is 0 Å². The summed E-state index contributed by atoms with van der Waals surface area (Å²) in [6.45, 7) is 8.84. The standard InChI is InChI=1S/C15H31NO/c1-3-5-7-14(4-2)12-16-10-6-11-17-13-15-8-9-15/h14-16H,3-13H2,1-2H3. The molecule has 1 unspecified atom stereocenters. The van der Waals surface area contributed by atoms with E-state index >= 15 is 0 Å². The van der Waals surface area contributed by atoms with E-state index in [0.717, 1.165) is 38.0 Å². The van der Waals surface area contributed by atoms with E-state index in [1.54, 1.807) is 0 Å². The van der Waals surface area contributed by atoms with Gasteiger partial charge in [0.15, 0.2) is 0 Å². The maximum absolute atomic E-state index is 5.62. The molecule has 2 heteroatoms. The Morgan fingerprint density at radius 3 is 2.71 bits per heavy atom. The molecule has 1 rings (SSSR count). The molecule has 1 N–H and O–H groups in total. The summed E-state index contributed by atoms with van der Waals surface area (Å²) in [5, 5.41) is 3.57. The second kappa shape index (κ2) is 9.90. The molecule has 0 aromatic rings. The first-order valence-corrected chi connectivity index (χ1v) is 7.65. The number of unbranched alkanes of at least 4 members (excludes halogenated alkanes) is 1. The molecule has 2 nitrogen and oxygen atoms in total. The summed E-state index contributed by atoms with van der Waals surface area (Å²) in [6.07, 6.45) is 9.36. The number of rotatable bonds is 12. The van der Waals surface area contributed by atoms with Gasteiger partial charge in [0.05, 0.1) is 0 Å². The molecule has 0 aromatic heterocycles. The Kier molecular flexibility index (Phi) is 8.72. The molecule has 0 bridgehead atoms. The van der Waals surface area contributed by atoms with Gasteiger partial charge in [-0.15, -0.1) is 0 Å². The van der Waals surface area contributed by atoms with E-state index in [2.05, 4.69) is 19.2 Å². The fourth-order valence-corrected chi connectivity index (χ4v) is 2.08. The van der Waals surface area contributed by atoms with E-state index in [4.69, 9.17) is 4.74 Å². The first-order valence-electron chi connectivity index (χ1n) is 7.65. The summed E-state index contributed by atoms with van der Waals surface area (Å²) in [5.74, 6) is 1.78. The third kappa shape index (κ3) is 8.62. The molecular weight excluding hydrogens is 210 g/mol. The van der Waals surface area contributed by atoms with Crippen molar-refractivity contribution in [3.05, 3.63) is 0 Å². The summed E-state index contributed by atoms with van der Waals surface area (Å²) in [6, 6.07) is 0. The fourth-order valence-electron chi connectivity index (χ4n) is 2.08. The largest absolute Gasteiger partial charge is 0.381 e. The molecule has 0 amide bonds. The van der Waals surface area contributed by atoms with Gasteiger partial charge in [0.25, 0.3) is 0 Å². The highest BCUT2D eigenvalue weighted by Gasteiger charge is 2.20. The second-order valence-electron chi connectivity index (χ2n) is 5.49. The molecule has 0 aliphatic heterocycles. The highest BCUT2D eigenvalue weighted by Crippen LogP contribution is 2.28. The predicted octanol–water partition coefficient (Wildman–Crippen LogP) is 3.61. The van der Waals surface area contributed by atoms with Crippen LogP contribution in [0.4, 0.5) is 0 Å². The first-order chi connectivity index (χ1) is 8.36. The minimum absolute atomic E-state index is 0.877. The van der Waals surface area contributed by atoms with Gasteiger partial charge >= 0.3 is 0 Å². The Labute approximate surface area is 108 Å². The minimum atomic E-state index is 0.877. The number of nitrogens with one attached hydrogen (secondary N) is 1. The normalized spacial score (nSPS) is 17.3. The van der Waals surface area contributed by atoms with Crippen LogP contribution >= 0.6 is 0 Å². The van der Waals surface area contributed by atoms with E-state index < -0.39 is 0 Å². The van der Waals surface area contributed by atoms with Crippen LogP contribution in [0.3, 0.4) is 0 Å². The summed E-state index contributed by atoms with van der Waals surface area (Å²) >= 11 is 0. The molecule has 1 saturated carbocycles. The van der Waals surface area contributed by atoms with Gasteiger partial charge in [-0.1, -0.05) is 33.1 Å². The lowest BCUT2D eigenvalue weighted by Gasteiger charge is -2.15.